The number of nitrogens with zero attached hydrogens (tertiary/aromatic N) is 1. The van der Waals surface area contributed by atoms with Gasteiger partial charge in [0.05, 0.1) is 4.90 Å². The molecule has 0 spiro atoms. The molecular weight excluding hydrogens is 379 g/mol. The average Bonchev–Trinajstić information content (AvgIpc) is 3.14. The van der Waals surface area contributed by atoms with E-state index >= 15 is 0 Å². The van der Waals surface area contributed by atoms with Crippen molar-refractivity contribution >= 4 is 21.6 Å². The van der Waals surface area contributed by atoms with Crippen LogP contribution in [0.4, 0.5) is 10.1 Å². The molecule has 2 aromatic carbocycles. The van der Waals surface area contributed by atoms with E-state index in [0.717, 1.165) is 5.56 Å². The van der Waals surface area contributed by atoms with Gasteiger partial charge in [-0.15, -0.1) is 0 Å². The zero-order chi connectivity index (χ0) is 20.5. The number of hydrogen-bond acceptors (Lipinski definition) is 3. The van der Waals surface area contributed by atoms with Gasteiger partial charge < -0.3 is 5.32 Å². The lowest BCUT2D eigenvalue weighted by Gasteiger charge is -2.24. The van der Waals surface area contributed by atoms with Crippen LogP contribution < -0.4 is 5.32 Å². The van der Waals surface area contributed by atoms with Gasteiger partial charge in [0, 0.05) is 12.2 Å². The smallest absolute Gasteiger partial charge is 0.243 e. The normalized spacial score (nSPS) is 18.2. The van der Waals surface area contributed by atoms with Gasteiger partial charge in [0.2, 0.25) is 15.9 Å². The lowest BCUT2D eigenvalue weighted by molar-refractivity contribution is -0.119. The van der Waals surface area contributed by atoms with Crippen LogP contribution in [0.15, 0.2) is 53.4 Å². The molecule has 7 heteroatoms. The molecule has 0 aromatic heterocycles. The van der Waals surface area contributed by atoms with Gasteiger partial charge in [-0.25, -0.2) is 12.8 Å². The summed E-state index contributed by atoms with van der Waals surface area (Å²) in [6.07, 6.45) is 1.06. The number of carbonyl (C=O) groups is 1. The Morgan fingerprint density at radius 2 is 1.68 bits per heavy atom. The van der Waals surface area contributed by atoms with E-state index in [2.05, 4.69) is 26.1 Å². The molecule has 5 nitrogen and oxygen atoms in total. The van der Waals surface area contributed by atoms with E-state index in [9.17, 15) is 17.6 Å². The van der Waals surface area contributed by atoms with E-state index < -0.39 is 27.8 Å². The number of rotatable bonds is 4. The van der Waals surface area contributed by atoms with Gasteiger partial charge in [0.25, 0.3) is 0 Å². The minimum absolute atomic E-state index is 0.0759. The van der Waals surface area contributed by atoms with Crippen molar-refractivity contribution in [3.05, 3.63) is 59.9 Å². The van der Waals surface area contributed by atoms with Gasteiger partial charge in [0.1, 0.15) is 11.9 Å². The van der Waals surface area contributed by atoms with Crippen LogP contribution in [-0.2, 0) is 20.2 Å². The fourth-order valence-electron chi connectivity index (χ4n) is 3.31. The Bertz CT molecular complexity index is 949. The molecule has 0 aliphatic carbocycles. The summed E-state index contributed by atoms with van der Waals surface area (Å²) in [5.41, 5.74) is 1.40. The molecule has 1 saturated heterocycles. The zero-order valence-electron chi connectivity index (χ0n) is 16.3. The first kappa shape index (κ1) is 20.5. The maximum atomic E-state index is 13.1. The van der Waals surface area contributed by atoms with Crippen molar-refractivity contribution in [3.63, 3.8) is 0 Å². The second-order valence-corrected chi connectivity index (χ2v) is 9.93. The third-order valence-corrected chi connectivity index (χ3v) is 6.87. The average molecular weight is 405 g/mol. The van der Waals surface area contributed by atoms with Gasteiger partial charge >= 0.3 is 0 Å². The fraction of sp³-hybridized carbons (Fsp3) is 0.381. The monoisotopic (exact) mass is 404 g/mol. The fourth-order valence-corrected chi connectivity index (χ4v) is 4.97. The van der Waals surface area contributed by atoms with Gasteiger partial charge in [-0.3, -0.25) is 4.79 Å². The number of sulfonamides is 1. The zero-order valence-corrected chi connectivity index (χ0v) is 17.1. The van der Waals surface area contributed by atoms with Crippen molar-refractivity contribution in [1.82, 2.24) is 4.31 Å². The molecule has 1 fully saturated rings. The Morgan fingerprint density at radius 3 is 2.25 bits per heavy atom. The summed E-state index contributed by atoms with van der Waals surface area (Å²) in [6.45, 7) is 6.48. The van der Waals surface area contributed by atoms with Crippen LogP contribution in [0.5, 0.6) is 0 Å². The largest absolute Gasteiger partial charge is 0.325 e. The van der Waals surface area contributed by atoms with Crippen LogP contribution in [0.2, 0.25) is 0 Å². The minimum Gasteiger partial charge on any atom is -0.325 e. The molecule has 1 N–H and O–H groups in total. The summed E-state index contributed by atoms with van der Waals surface area (Å²) in [5, 5.41) is 2.68. The Hall–Kier alpha value is -2.25. The summed E-state index contributed by atoms with van der Waals surface area (Å²) in [6, 6.07) is 11.4. The lowest BCUT2D eigenvalue weighted by Crippen LogP contribution is -2.43. The van der Waals surface area contributed by atoms with Crippen molar-refractivity contribution in [2.75, 3.05) is 11.9 Å². The molecule has 1 aliphatic heterocycles. The van der Waals surface area contributed by atoms with Crippen molar-refractivity contribution in [1.29, 1.82) is 0 Å². The number of carbonyl (C=O) groups excluding carboxylic acids is 1. The summed E-state index contributed by atoms with van der Waals surface area (Å²) in [7, 11) is -3.78. The molecular formula is C21H25FN2O3S. The highest BCUT2D eigenvalue weighted by Crippen LogP contribution is 2.29. The highest BCUT2D eigenvalue weighted by Gasteiger charge is 2.39. The van der Waals surface area contributed by atoms with E-state index in [4.69, 9.17) is 0 Å². The number of nitrogens with one attached hydrogen (secondary N) is 1. The number of anilines is 1. The van der Waals surface area contributed by atoms with Gasteiger partial charge in [-0.05, 0) is 60.2 Å². The van der Waals surface area contributed by atoms with Crippen LogP contribution in [0.1, 0.15) is 39.2 Å². The Morgan fingerprint density at radius 1 is 1.07 bits per heavy atom. The van der Waals surface area contributed by atoms with E-state index in [1.54, 1.807) is 12.1 Å². The maximum Gasteiger partial charge on any atom is 0.243 e. The van der Waals surface area contributed by atoms with Crippen LogP contribution in [0, 0.1) is 5.82 Å². The molecule has 1 amide bonds. The lowest BCUT2D eigenvalue weighted by atomic mass is 9.87. The summed E-state index contributed by atoms with van der Waals surface area (Å²) < 4.78 is 40.5. The molecule has 28 heavy (non-hydrogen) atoms. The topological polar surface area (TPSA) is 66.5 Å². The molecule has 150 valence electrons. The van der Waals surface area contributed by atoms with Crippen LogP contribution in [0.3, 0.4) is 0 Å². The van der Waals surface area contributed by atoms with E-state index in [1.165, 1.54) is 28.6 Å². The number of amides is 1. The first-order valence-electron chi connectivity index (χ1n) is 9.28. The number of benzene rings is 2. The SMILES string of the molecule is CC(C)(C)c1ccc(S(=O)(=O)N2CCC[C@H]2C(=O)Nc2ccc(F)cc2)cc1. The molecule has 0 unspecified atom stereocenters. The van der Waals surface area contributed by atoms with Crippen molar-refractivity contribution in [3.8, 4) is 0 Å². The molecule has 1 heterocycles. The van der Waals surface area contributed by atoms with Gasteiger partial charge in [-0.2, -0.15) is 4.31 Å². The Labute approximate surface area is 165 Å². The summed E-state index contributed by atoms with van der Waals surface area (Å²) in [4.78, 5) is 12.8. The molecule has 0 saturated carbocycles. The second kappa shape index (κ2) is 7.64. The van der Waals surface area contributed by atoms with Gasteiger partial charge in [0.15, 0.2) is 0 Å². The highest BCUT2D eigenvalue weighted by atomic mass is 32.2. The first-order chi connectivity index (χ1) is 13.1. The quantitative estimate of drug-likeness (QED) is 0.840. The summed E-state index contributed by atoms with van der Waals surface area (Å²) in [5.74, 6) is -0.805. The van der Waals surface area contributed by atoms with E-state index in [0.29, 0.717) is 25.1 Å². The van der Waals surface area contributed by atoms with Crippen LogP contribution in [0.25, 0.3) is 0 Å². The molecule has 3 rings (SSSR count). The Kier molecular flexibility index (Phi) is 5.59. The highest BCUT2D eigenvalue weighted by molar-refractivity contribution is 7.89. The predicted molar refractivity (Wildman–Crippen MR) is 107 cm³/mol. The van der Waals surface area contributed by atoms with Crippen LogP contribution >= 0.6 is 0 Å². The standard InChI is InChI=1S/C21H25FN2O3S/c1-21(2,3)15-6-12-18(13-7-15)28(26,27)24-14-4-5-19(24)20(25)23-17-10-8-16(22)9-11-17/h6-13,19H,4-5,14H2,1-3H3,(H,23,25)/t19-/m0/s1. The maximum absolute atomic E-state index is 13.1. The van der Waals surface area contributed by atoms with Crippen molar-refractivity contribution in [2.24, 2.45) is 0 Å². The minimum atomic E-state index is -3.78. The summed E-state index contributed by atoms with van der Waals surface area (Å²) >= 11 is 0. The molecule has 0 radical (unpaired) electrons. The molecule has 2 aromatic rings. The second-order valence-electron chi connectivity index (χ2n) is 8.04. The van der Waals surface area contributed by atoms with Crippen LogP contribution in [-0.4, -0.2) is 31.2 Å². The van der Waals surface area contributed by atoms with Gasteiger partial charge in [-0.1, -0.05) is 32.9 Å². The van der Waals surface area contributed by atoms with E-state index in [-0.39, 0.29) is 10.3 Å². The van der Waals surface area contributed by atoms with Crippen molar-refractivity contribution in [2.45, 2.75) is 50.0 Å². The number of halogens is 1. The first-order valence-corrected chi connectivity index (χ1v) is 10.7. The Balaban J connectivity index is 1.80. The third kappa shape index (κ3) is 4.25. The van der Waals surface area contributed by atoms with Crippen molar-refractivity contribution < 1.29 is 17.6 Å². The molecule has 1 atom stereocenters. The number of hydrogen-bond donors (Lipinski definition) is 1. The third-order valence-electron chi connectivity index (χ3n) is 4.95. The van der Waals surface area contributed by atoms with E-state index in [1.807, 2.05) is 12.1 Å². The molecule has 0 bridgehead atoms. The predicted octanol–water partition coefficient (Wildman–Crippen LogP) is 3.92. The molecule has 1 aliphatic rings.